The Hall–Kier alpha value is -2.16. The number of amides is 1. The summed E-state index contributed by atoms with van der Waals surface area (Å²) in [6.45, 7) is 2.61. The van der Waals surface area contributed by atoms with Crippen LogP contribution < -0.4 is 14.8 Å². The van der Waals surface area contributed by atoms with Gasteiger partial charge in [0, 0.05) is 37.8 Å². The number of carbonyl (C=O) groups excluding carboxylic acids is 1. The number of nitrogens with one attached hydrogen (secondary N) is 1. The maximum Gasteiger partial charge on any atom is 0.573 e. The van der Waals surface area contributed by atoms with Crippen molar-refractivity contribution in [2.75, 3.05) is 26.2 Å². The van der Waals surface area contributed by atoms with E-state index in [0.29, 0.717) is 28.9 Å². The molecule has 1 heterocycles. The molecular formula is C21H21Cl2F3N2O3. The Balaban J connectivity index is 1.39. The van der Waals surface area contributed by atoms with Crippen molar-refractivity contribution in [1.82, 2.24) is 10.2 Å². The van der Waals surface area contributed by atoms with Crippen LogP contribution in [0.3, 0.4) is 0 Å². The van der Waals surface area contributed by atoms with Crippen molar-refractivity contribution in [3.8, 4) is 11.5 Å². The topological polar surface area (TPSA) is 50.8 Å². The van der Waals surface area contributed by atoms with Crippen molar-refractivity contribution in [2.24, 2.45) is 0 Å². The molecule has 2 aromatic carbocycles. The highest BCUT2D eigenvalue weighted by atomic mass is 35.5. The Kier molecular flexibility index (Phi) is 7.91. The largest absolute Gasteiger partial charge is 0.573 e. The highest BCUT2D eigenvalue weighted by Crippen LogP contribution is 2.28. The minimum atomic E-state index is -4.80. The zero-order valence-electron chi connectivity index (χ0n) is 16.4. The monoisotopic (exact) mass is 476 g/mol. The zero-order valence-corrected chi connectivity index (χ0v) is 17.9. The molecule has 0 atom stereocenters. The van der Waals surface area contributed by atoms with E-state index in [1.54, 1.807) is 18.2 Å². The van der Waals surface area contributed by atoms with E-state index < -0.39 is 18.0 Å². The van der Waals surface area contributed by atoms with Crippen molar-refractivity contribution in [2.45, 2.75) is 25.3 Å². The van der Waals surface area contributed by atoms with Gasteiger partial charge in [-0.05, 0) is 43.2 Å². The Morgan fingerprint density at radius 1 is 1.06 bits per heavy atom. The standard InChI is InChI=1S/C21H21Cl2F3N2O3/c22-18-5-4-16(13-19(18)23)30-15-6-9-28(10-7-15)11-8-27-20(29)14-2-1-3-17(12-14)31-21(24,25)26/h1-5,12-13,15H,6-11H2,(H,27,29). The van der Waals surface area contributed by atoms with E-state index >= 15 is 0 Å². The average Bonchev–Trinajstić information content (AvgIpc) is 2.71. The van der Waals surface area contributed by atoms with E-state index in [9.17, 15) is 18.0 Å². The van der Waals surface area contributed by atoms with Gasteiger partial charge in [0.2, 0.25) is 0 Å². The number of likely N-dealkylation sites (tertiary alicyclic amines) is 1. The van der Waals surface area contributed by atoms with Crippen LogP contribution in [0.1, 0.15) is 23.2 Å². The third-order valence-electron chi connectivity index (χ3n) is 4.77. The van der Waals surface area contributed by atoms with Crippen LogP contribution in [0.25, 0.3) is 0 Å². The van der Waals surface area contributed by atoms with Gasteiger partial charge in [-0.2, -0.15) is 0 Å². The molecule has 5 nitrogen and oxygen atoms in total. The van der Waals surface area contributed by atoms with E-state index in [-0.39, 0.29) is 11.7 Å². The summed E-state index contributed by atoms with van der Waals surface area (Å²) < 4.78 is 46.8. The number of hydrogen-bond donors (Lipinski definition) is 1. The highest BCUT2D eigenvalue weighted by molar-refractivity contribution is 6.42. The number of benzene rings is 2. The van der Waals surface area contributed by atoms with Gasteiger partial charge in [0.1, 0.15) is 17.6 Å². The first kappa shape index (κ1) is 23.5. The molecule has 0 spiro atoms. The van der Waals surface area contributed by atoms with Gasteiger partial charge in [-0.25, -0.2) is 0 Å². The second-order valence-corrected chi connectivity index (χ2v) is 7.88. The first-order valence-corrected chi connectivity index (χ1v) is 10.4. The number of halogens is 5. The summed E-state index contributed by atoms with van der Waals surface area (Å²) in [7, 11) is 0. The summed E-state index contributed by atoms with van der Waals surface area (Å²) in [4.78, 5) is 14.4. The van der Waals surface area contributed by atoms with Crippen molar-refractivity contribution in [1.29, 1.82) is 0 Å². The molecule has 10 heteroatoms. The van der Waals surface area contributed by atoms with Crippen LogP contribution >= 0.6 is 23.2 Å². The van der Waals surface area contributed by atoms with Crippen LogP contribution in [0.15, 0.2) is 42.5 Å². The molecule has 1 aliphatic heterocycles. The molecule has 31 heavy (non-hydrogen) atoms. The van der Waals surface area contributed by atoms with Gasteiger partial charge in [0.05, 0.1) is 10.0 Å². The zero-order chi connectivity index (χ0) is 22.4. The summed E-state index contributed by atoms with van der Waals surface area (Å²) >= 11 is 11.9. The van der Waals surface area contributed by atoms with Crippen LogP contribution in [0.5, 0.6) is 11.5 Å². The fraction of sp³-hybridized carbons (Fsp3) is 0.381. The summed E-state index contributed by atoms with van der Waals surface area (Å²) in [5.41, 5.74) is 0.107. The molecule has 0 radical (unpaired) electrons. The van der Waals surface area contributed by atoms with E-state index in [0.717, 1.165) is 38.1 Å². The minimum Gasteiger partial charge on any atom is -0.490 e. The molecule has 0 unspecified atom stereocenters. The smallest absolute Gasteiger partial charge is 0.490 e. The van der Waals surface area contributed by atoms with Crippen LogP contribution in [0, 0.1) is 0 Å². The van der Waals surface area contributed by atoms with Gasteiger partial charge in [-0.1, -0.05) is 29.3 Å². The van der Waals surface area contributed by atoms with Crippen molar-refractivity contribution >= 4 is 29.1 Å². The second-order valence-electron chi connectivity index (χ2n) is 7.07. The molecule has 0 aromatic heterocycles. The fourth-order valence-corrected chi connectivity index (χ4v) is 3.55. The number of alkyl halides is 3. The Bertz CT molecular complexity index is 904. The maximum atomic E-state index is 12.3. The molecule has 0 saturated carbocycles. The lowest BCUT2D eigenvalue weighted by Gasteiger charge is -2.32. The lowest BCUT2D eigenvalue weighted by atomic mass is 10.1. The quantitative estimate of drug-likeness (QED) is 0.599. The molecule has 168 valence electrons. The van der Waals surface area contributed by atoms with E-state index in [4.69, 9.17) is 27.9 Å². The van der Waals surface area contributed by atoms with E-state index in [1.807, 2.05) is 0 Å². The fourth-order valence-electron chi connectivity index (χ4n) is 3.26. The summed E-state index contributed by atoms with van der Waals surface area (Å²) in [6.07, 6.45) is -3.08. The number of carbonyl (C=O) groups is 1. The third kappa shape index (κ3) is 7.48. The van der Waals surface area contributed by atoms with Crippen LogP contribution in [-0.2, 0) is 0 Å². The average molecular weight is 477 g/mol. The van der Waals surface area contributed by atoms with Gasteiger partial charge in [0.25, 0.3) is 5.91 Å². The Morgan fingerprint density at radius 2 is 1.81 bits per heavy atom. The molecule has 3 rings (SSSR count). The molecule has 1 saturated heterocycles. The summed E-state index contributed by atoms with van der Waals surface area (Å²) in [5, 5.41) is 3.65. The van der Waals surface area contributed by atoms with Gasteiger partial charge in [0.15, 0.2) is 0 Å². The Morgan fingerprint density at radius 3 is 2.48 bits per heavy atom. The lowest BCUT2D eigenvalue weighted by molar-refractivity contribution is -0.274. The first-order valence-electron chi connectivity index (χ1n) is 9.68. The van der Waals surface area contributed by atoms with E-state index in [2.05, 4.69) is 15.0 Å². The number of nitrogens with zero attached hydrogens (tertiary/aromatic N) is 1. The third-order valence-corrected chi connectivity index (χ3v) is 5.51. The van der Waals surface area contributed by atoms with Crippen molar-refractivity contribution < 1.29 is 27.4 Å². The molecular weight excluding hydrogens is 456 g/mol. The van der Waals surface area contributed by atoms with Gasteiger partial charge in [-0.15, -0.1) is 13.2 Å². The number of rotatable bonds is 7. The van der Waals surface area contributed by atoms with Crippen LogP contribution in [-0.4, -0.2) is 49.5 Å². The maximum absolute atomic E-state index is 12.3. The Labute approximate surface area is 188 Å². The SMILES string of the molecule is O=C(NCCN1CCC(Oc2ccc(Cl)c(Cl)c2)CC1)c1cccc(OC(F)(F)F)c1. The number of ether oxygens (including phenoxy) is 2. The molecule has 1 aliphatic rings. The predicted octanol–water partition coefficient (Wildman–Crippen LogP) is 5.17. The predicted molar refractivity (Wildman–Crippen MR) is 112 cm³/mol. The minimum absolute atomic E-state index is 0.0689. The molecule has 1 amide bonds. The van der Waals surface area contributed by atoms with Crippen LogP contribution in [0.2, 0.25) is 10.0 Å². The normalized spacial score (nSPS) is 15.5. The first-order chi connectivity index (χ1) is 14.7. The van der Waals surface area contributed by atoms with Gasteiger partial charge >= 0.3 is 6.36 Å². The summed E-state index contributed by atoms with van der Waals surface area (Å²) in [6, 6.07) is 10.2. The highest BCUT2D eigenvalue weighted by Gasteiger charge is 2.31. The van der Waals surface area contributed by atoms with Crippen molar-refractivity contribution in [3.05, 3.63) is 58.1 Å². The lowest BCUT2D eigenvalue weighted by Crippen LogP contribution is -2.42. The molecule has 1 fully saturated rings. The van der Waals surface area contributed by atoms with Crippen molar-refractivity contribution in [3.63, 3.8) is 0 Å². The second kappa shape index (κ2) is 10.4. The summed E-state index contributed by atoms with van der Waals surface area (Å²) in [5.74, 6) is -0.202. The van der Waals surface area contributed by atoms with E-state index in [1.165, 1.54) is 12.1 Å². The number of hydrogen-bond acceptors (Lipinski definition) is 4. The molecule has 1 N–H and O–H groups in total. The van der Waals surface area contributed by atoms with Gasteiger partial charge < -0.3 is 19.7 Å². The van der Waals surface area contributed by atoms with Crippen LogP contribution in [0.4, 0.5) is 13.2 Å². The molecule has 0 bridgehead atoms. The molecule has 2 aromatic rings. The number of piperidine rings is 1. The van der Waals surface area contributed by atoms with Gasteiger partial charge in [-0.3, -0.25) is 4.79 Å². The molecule has 0 aliphatic carbocycles.